The molecule has 4 rings (SSSR count). The van der Waals surface area contributed by atoms with Crippen molar-refractivity contribution in [3.05, 3.63) is 47.6 Å². The lowest BCUT2D eigenvalue weighted by atomic mass is 10.1. The number of aliphatic carboxylic acids is 1. The van der Waals surface area contributed by atoms with Crippen LogP contribution in [0.1, 0.15) is 29.6 Å². The fraction of sp³-hybridized carbons (Fsp3) is 0.400. The van der Waals surface area contributed by atoms with Crippen LogP contribution >= 0.6 is 11.8 Å². The van der Waals surface area contributed by atoms with E-state index >= 15 is 0 Å². The molecule has 0 saturated carbocycles. The zero-order valence-electron chi connectivity index (χ0n) is 17.0. The van der Waals surface area contributed by atoms with E-state index in [1.165, 1.54) is 23.1 Å². The summed E-state index contributed by atoms with van der Waals surface area (Å²) < 4.78 is 0.577. The standard InChI is InChI=1S/C11H11NO3S.C9H15N5O/c13-10(8-4-2-1-3-5-8)12-7-16-6-9(12)11(14)15;10-7-6-8(12-9(11)14(7)15)13-4-2-1-3-5-13/h1-5,9H,6-7H2,(H,14,15);6,11,15H,1-5,10H2. The minimum atomic E-state index is -0.936. The summed E-state index contributed by atoms with van der Waals surface area (Å²) in [6.07, 6.45) is 3.53. The van der Waals surface area contributed by atoms with E-state index in [0.717, 1.165) is 25.9 Å². The number of benzene rings is 1. The Balaban J connectivity index is 0.000000176. The number of aromatic nitrogens is 2. The molecule has 31 heavy (non-hydrogen) atoms. The van der Waals surface area contributed by atoms with Gasteiger partial charge in [0.15, 0.2) is 0 Å². The maximum absolute atomic E-state index is 12.0. The molecule has 3 heterocycles. The summed E-state index contributed by atoms with van der Waals surface area (Å²) in [5.41, 5.74) is 5.87. The van der Waals surface area contributed by atoms with Gasteiger partial charge >= 0.3 is 5.97 Å². The van der Waals surface area contributed by atoms with Crippen LogP contribution < -0.4 is 16.3 Å². The molecule has 0 bridgehead atoms. The van der Waals surface area contributed by atoms with Crippen molar-refractivity contribution in [2.75, 3.05) is 35.4 Å². The van der Waals surface area contributed by atoms with Gasteiger partial charge in [0.05, 0.1) is 5.88 Å². The molecule has 2 aromatic rings. The average molecular weight is 447 g/mol. The Labute approximate surface area is 183 Å². The SMILES string of the molecule is N=c1nc(N2CCCCC2)cc(N)n1O.O=C(O)C1CSCN1C(=O)c1ccccc1. The molecule has 0 radical (unpaired) electrons. The Morgan fingerprint density at radius 2 is 1.84 bits per heavy atom. The Morgan fingerprint density at radius 3 is 2.45 bits per heavy atom. The molecule has 2 saturated heterocycles. The zero-order chi connectivity index (χ0) is 22.4. The highest BCUT2D eigenvalue weighted by Gasteiger charge is 2.34. The van der Waals surface area contributed by atoms with E-state index in [0.29, 0.717) is 27.7 Å². The van der Waals surface area contributed by atoms with Crippen molar-refractivity contribution >= 4 is 35.3 Å². The topological polar surface area (TPSA) is 149 Å². The first-order valence-electron chi connectivity index (χ1n) is 9.93. The van der Waals surface area contributed by atoms with E-state index < -0.39 is 12.0 Å². The molecule has 2 fully saturated rings. The van der Waals surface area contributed by atoms with Crippen LogP contribution in [-0.2, 0) is 4.79 Å². The number of rotatable bonds is 3. The Morgan fingerprint density at radius 1 is 1.16 bits per heavy atom. The van der Waals surface area contributed by atoms with Crippen molar-refractivity contribution in [3.63, 3.8) is 0 Å². The summed E-state index contributed by atoms with van der Waals surface area (Å²) in [6.45, 7) is 1.89. The van der Waals surface area contributed by atoms with Crippen LogP contribution in [0.25, 0.3) is 0 Å². The Bertz CT molecular complexity index is 977. The number of piperidine rings is 1. The summed E-state index contributed by atoms with van der Waals surface area (Å²) >= 11 is 1.47. The number of amides is 1. The monoisotopic (exact) mass is 446 g/mol. The molecule has 1 unspecified atom stereocenters. The van der Waals surface area contributed by atoms with E-state index in [9.17, 15) is 14.8 Å². The van der Waals surface area contributed by atoms with E-state index in [4.69, 9.17) is 16.2 Å². The van der Waals surface area contributed by atoms with Crippen LogP contribution in [0.2, 0.25) is 0 Å². The fourth-order valence-electron chi connectivity index (χ4n) is 3.38. The van der Waals surface area contributed by atoms with Crippen LogP contribution in [-0.4, -0.2) is 67.6 Å². The molecule has 2 aliphatic rings. The minimum absolute atomic E-state index is 0.149. The third-order valence-electron chi connectivity index (χ3n) is 5.07. The largest absolute Gasteiger partial charge is 0.480 e. The van der Waals surface area contributed by atoms with Gasteiger partial charge in [0.2, 0.25) is 0 Å². The van der Waals surface area contributed by atoms with Crippen molar-refractivity contribution in [2.24, 2.45) is 0 Å². The van der Waals surface area contributed by atoms with E-state index in [2.05, 4.69) is 9.88 Å². The van der Waals surface area contributed by atoms with Crippen molar-refractivity contribution in [3.8, 4) is 0 Å². The zero-order valence-corrected chi connectivity index (χ0v) is 17.8. The number of nitrogens with zero attached hydrogens (tertiary/aromatic N) is 4. The first-order chi connectivity index (χ1) is 14.9. The highest BCUT2D eigenvalue weighted by atomic mass is 32.2. The van der Waals surface area contributed by atoms with E-state index in [-0.39, 0.29) is 17.3 Å². The highest BCUT2D eigenvalue weighted by molar-refractivity contribution is 7.99. The molecular weight excluding hydrogens is 420 g/mol. The predicted octanol–water partition coefficient (Wildman–Crippen LogP) is 1.46. The van der Waals surface area contributed by atoms with Crippen LogP contribution in [0.5, 0.6) is 0 Å². The third kappa shape index (κ3) is 5.48. The second-order valence-electron chi connectivity index (χ2n) is 7.22. The molecule has 1 atom stereocenters. The molecule has 11 heteroatoms. The number of carbonyl (C=O) groups excluding carboxylic acids is 1. The number of thioether (sulfide) groups is 1. The predicted molar refractivity (Wildman–Crippen MR) is 117 cm³/mol. The molecule has 1 aromatic carbocycles. The van der Waals surface area contributed by atoms with Crippen molar-refractivity contribution in [2.45, 2.75) is 25.3 Å². The molecule has 166 valence electrons. The third-order valence-corrected chi connectivity index (χ3v) is 6.08. The summed E-state index contributed by atoms with van der Waals surface area (Å²) in [7, 11) is 0. The fourth-order valence-corrected chi connectivity index (χ4v) is 4.53. The van der Waals surface area contributed by atoms with Gasteiger partial charge in [-0.15, -0.1) is 16.5 Å². The number of nitrogens with one attached hydrogen (secondary N) is 1. The number of carboxylic acid groups (broad SMARTS) is 1. The van der Waals surface area contributed by atoms with Gasteiger partial charge in [-0.2, -0.15) is 4.98 Å². The second-order valence-corrected chi connectivity index (χ2v) is 8.22. The summed E-state index contributed by atoms with van der Waals surface area (Å²) in [5, 5.41) is 25.6. The first kappa shape index (κ1) is 22.5. The van der Waals surface area contributed by atoms with Crippen molar-refractivity contribution < 1.29 is 19.9 Å². The smallest absolute Gasteiger partial charge is 0.327 e. The first-order valence-corrected chi connectivity index (χ1v) is 11.1. The average Bonchev–Trinajstić information content (AvgIpc) is 3.29. The van der Waals surface area contributed by atoms with E-state index in [1.807, 2.05) is 6.07 Å². The van der Waals surface area contributed by atoms with Gasteiger partial charge < -0.3 is 25.8 Å². The van der Waals surface area contributed by atoms with Gasteiger partial charge in [0, 0.05) is 30.5 Å². The second kappa shape index (κ2) is 10.2. The highest BCUT2D eigenvalue weighted by Crippen LogP contribution is 2.23. The minimum Gasteiger partial charge on any atom is -0.480 e. The normalized spacial score (nSPS) is 18.3. The number of anilines is 2. The van der Waals surface area contributed by atoms with Gasteiger partial charge in [0.25, 0.3) is 11.5 Å². The number of hydrogen-bond donors (Lipinski definition) is 4. The molecule has 1 amide bonds. The van der Waals surface area contributed by atoms with Crippen molar-refractivity contribution in [1.29, 1.82) is 5.41 Å². The summed E-state index contributed by atoms with van der Waals surface area (Å²) in [5.74, 6) is 0.601. The Hall–Kier alpha value is -3.21. The molecule has 0 spiro atoms. The van der Waals surface area contributed by atoms with Crippen LogP contribution in [0, 0.1) is 5.41 Å². The number of carbonyl (C=O) groups is 2. The van der Waals surface area contributed by atoms with Gasteiger partial charge in [-0.25, -0.2) is 4.79 Å². The van der Waals surface area contributed by atoms with Crippen LogP contribution in [0.3, 0.4) is 0 Å². The molecule has 1 aromatic heterocycles. The quantitative estimate of drug-likeness (QED) is 0.518. The summed E-state index contributed by atoms with van der Waals surface area (Å²) in [6, 6.07) is 9.66. The number of nitrogen functional groups attached to an aromatic ring is 1. The van der Waals surface area contributed by atoms with Gasteiger partial charge in [-0.3, -0.25) is 10.2 Å². The lowest BCUT2D eigenvalue weighted by Crippen LogP contribution is -2.41. The molecular formula is C20H26N6O4S. The van der Waals surface area contributed by atoms with Gasteiger partial charge in [-0.1, -0.05) is 18.2 Å². The molecule has 2 aliphatic heterocycles. The van der Waals surface area contributed by atoms with E-state index in [1.54, 1.807) is 30.3 Å². The summed E-state index contributed by atoms with van der Waals surface area (Å²) in [4.78, 5) is 30.4. The molecule has 5 N–H and O–H groups in total. The Kier molecular flexibility index (Phi) is 7.40. The van der Waals surface area contributed by atoms with Gasteiger partial charge in [0.1, 0.15) is 17.7 Å². The van der Waals surface area contributed by atoms with Gasteiger partial charge in [-0.05, 0) is 31.4 Å². The molecule has 10 nitrogen and oxygen atoms in total. The lowest BCUT2D eigenvalue weighted by Gasteiger charge is -2.27. The number of carboxylic acids is 1. The van der Waals surface area contributed by atoms with Crippen molar-refractivity contribution in [1.82, 2.24) is 14.6 Å². The maximum Gasteiger partial charge on any atom is 0.327 e. The molecule has 0 aliphatic carbocycles. The number of hydrogen-bond acceptors (Lipinski definition) is 8. The number of nitrogens with two attached hydrogens (primary N) is 1. The lowest BCUT2D eigenvalue weighted by molar-refractivity contribution is -0.140. The maximum atomic E-state index is 12.0. The van der Waals surface area contributed by atoms with Crippen LogP contribution in [0.4, 0.5) is 11.6 Å². The van der Waals surface area contributed by atoms with Crippen LogP contribution in [0.15, 0.2) is 36.4 Å².